The van der Waals surface area contributed by atoms with Gasteiger partial charge in [-0.3, -0.25) is 0 Å². The maximum Gasteiger partial charge on any atom is 0.156 e. The summed E-state index contributed by atoms with van der Waals surface area (Å²) in [6, 6.07) is 7.53. The molecule has 0 aliphatic heterocycles. The van der Waals surface area contributed by atoms with E-state index in [0.717, 1.165) is 16.5 Å². The molecule has 1 heterocycles. The molecule has 0 radical (unpaired) electrons. The Morgan fingerprint density at radius 3 is 2.25 bits per heavy atom. The van der Waals surface area contributed by atoms with Crippen LogP contribution in [0, 0.1) is 0 Å². The summed E-state index contributed by atoms with van der Waals surface area (Å²) in [4.78, 5) is 4.31. The first-order valence-electron chi connectivity index (χ1n) is 5.15. The van der Waals surface area contributed by atoms with Gasteiger partial charge >= 0.3 is 0 Å². The maximum atomic E-state index is 5.83. The van der Waals surface area contributed by atoms with Crippen LogP contribution in [0.15, 0.2) is 30.6 Å². The lowest BCUT2D eigenvalue weighted by Gasteiger charge is -2.12. The zero-order chi connectivity index (χ0) is 11.8. The molecule has 0 N–H and O–H groups in total. The number of halogens is 1. The van der Waals surface area contributed by atoms with Crippen LogP contribution in [-0.2, 0) is 5.41 Å². The van der Waals surface area contributed by atoms with Gasteiger partial charge in [-0.1, -0.05) is 32.4 Å². The summed E-state index contributed by atoms with van der Waals surface area (Å²) in [5.74, 6) is 0.836. The number of hydrogen-bond acceptors (Lipinski definition) is 2. The van der Waals surface area contributed by atoms with Crippen molar-refractivity contribution < 1.29 is 0 Å². The largest absolute Gasteiger partial charge is 0.221 e. The fourth-order valence-electron chi connectivity index (χ4n) is 1.32. The molecule has 0 aliphatic rings. The second-order valence-electron chi connectivity index (χ2n) is 4.74. The molecule has 0 saturated heterocycles. The highest BCUT2D eigenvalue weighted by molar-refractivity contribution is 6.30. The zero-order valence-corrected chi connectivity index (χ0v) is 10.4. The molecule has 2 rings (SSSR count). The Morgan fingerprint density at radius 1 is 1.12 bits per heavy atom. The first kappa shape index (κ1) is 11.1. The Balaban J connectivity index is 2.35. The van der Waals surface area contributed by atoms with Crippen molar-refractivity contribution in [1.82, 2.24) is 14.8 Å². The van der Waals surface area contributed by atoms with Gasteiger partial charge < -0.3 is 0 Å². The third-order valence-corrected chi connectivity index (χ3v) is 2.51. The van der Waals surface area contributed by atoms with Gasteiger partial charge in [0.2, 0.25) is 0 Å². The van der Waals surface area contributed by atoms with Gasteiger partial charge in [0, 0.05) is 10.4 Å². The quantitative estimate of drug-likeness (QED) is 0.760. The SMILES string of the molecule is CC(C)(C)c1ncn(-c2ccc(Cl)cc2)n1. The van der Waals surface area contributed by atoms with Gasteiger partial charge in [0.15, 0.2) is 5.82 Å². The van der Waals surface area contributed by atoms with E-state index < -0.39 is 0 Å². The van der Waals surface area contributed by atoms with E-state index in [1.807, 2.05) is 24.3 Å². The van der Waals surface area contributed by atoms with Crippen LogP contribution >= 0.6 is 11.6 Å². The van der Waals surface area contributed by atoms with Crippen LogP contribution in [0.4, 0.5) is 0 Å². The Hall–Kier alpha value is -1.35. The van der Waals surface area contributed by atoms with Crippen molar-refractivity contribution in [3.05, 3.63) is 41.4 Å². The van der Waals surface area contributed by atoms with E-state index in [1.54, 1.807) is 11.0 Å². The van der Waals surface area contributed by atoms with Crippen LogP contribution in [0.5, 0.6) is 0 Å². The van der Waals surface area contributed by atoms with Crippen molar-refractivity contribution in [1.29, 1.82) is 0 Å². The Labute approximate surface area is 100 Å². The summed E-state index contributed by atoms with van der Waals surface area (Å²) in [6.07, 6.45) is 1.73. The molecule has 0 fully saturated rings. The minimum atomic E-state index is -0.0301. The van der Waals surface area contributed by atoms with E-state index in [1.165, 1.54) is 0 Å². The average molecular weight is 236 g/mol. The predicted molar refractivity (Wildman–Crippen MR) is 65.1 cm³/mol. The standard InChI is InChI=1S/C12H14ClN3/c1-12(2,3)11-14-8-16(15-11)10-6-4-9(13)5-7-10/h4-8H,1-3H3. The molecule has 0 aliphatic carbocycles. The second kappa shape index (κ2) is 3.91. The molecular weight excluding hydrogens is 222 g/mol. The summed E-state index contributed by atoms with van der Waals surface area (Å²) in [5, 5.41) is 5.17. The van der Waals surface area contributed by atoms with Gasteiger partial charge in [-0.05, 0) is 24.3 Å². The number of rotatable bonds is 1. The molecule has 0 atom stereocenters. The molecule has 84 valence electrons. The molecule has 0 unspecified atom stereocenters. The van der Waals surface area contributed by atoms with Crippen molar-refractivity contribution in [3.8, 4) is 5.69 Å². The normalized spacial score (nSPS) is 11.8. The first-order chi connectivity index (χ1) is 7.47. The van der Waals surface area contributed by atoms with Crippen molar-refractivity contribution in [2.45, 2.75) is 26.2 Å². The summed E-state index contributed by atoms with van der Waals surface area (Å²) in [7, 11) is 0. The number of aromatic nitrogens is 3. The van der Waals surface area contributed by atoms with Crippen molar-refractivity contribution >= 4 is 11.6 Å². The zero-order valence-electron chi connectivity index (χ0n) is 9.61. The van der Waals surface area contributed by atoms with Gasteiger partial charge in [-0.2, -0.15) is 5.10 Å². The molecule has 1 aromatic heterocycles. The highest BCUT2D eigenvalue weighted by atomic mass is 35.5. The Kier molecular flexibility index (Phi) is 2.72. The monoisotopic (exact) mass is 235 g/mol. The van der Waals surface area contributed by atoms with Crippen LogP contribution in [0.3, 0.4) is 0 Å². The molecule has 0 saturated carbocycles. The van der Waals surface area contributed by atoms with Gasteiger partial charge in [-0.25, -0.2) is 9.67 Å². The Morgan fingerprint density at radius 2 is 1.75 bits per heavy atom. The fraction of sp³-hybridized carbons (Fsp3) is 0.333. The molecule has 2 aromatic rings. The van der Waals surface area contributed by atoms with E-state index in [0.29, 0.717) is 0 Å². The van der Waals surface area contributed by atoms with Gasteiger partial charge in [0.1, 0.15) is 6.33 Å². The van der Waals surface area contributed by atoms with E-state index in [-0.39, 0.29) is 5.41 Å². The number of nitrogens with zero attached hydrogens (tertiary/aromatic N) is 3. The predicted octanol–water partition coefficient (Wildman–Crippen LogP) is 3.22. The molecule has 1 aromatic carbocycles. The topological polar surface area (TPSA) is 30.7 Å². The van der Waals surface area contributed by atoms with Gasteiger partial charge in [-0.15, -0.1) is 0 Å². The van der Waals surface area contributed by atoms with Crippen LogP contribution in [-0.4, -0.2) is 14.8 Å². The van der Waals surface area contributed by atoms with Crippen LogP contribution < -0.4 is 0 Å². The lowest BCUT2D eigenvalue weighted by molar-refractivity contribution is 0.543. The van der Waals surface area contributed by atoms with Crippen molar-refractivity contribution in [3.63, 3.8) is 0 Å². The molecular formula is C12H14ClN3. The summed E-state index contributed by atoms with van der Waals surface area (Å²) >= 11 is 5.83. The average Bonchev–Trinajstić information content (AvgIpc) is 2.67. The molecule has 0 bridgehead atoms. The lowest BCUT2D eigenvalue weighted by atomic mass is 9.96. The van der Waals surface area contributed by atoms with E-state index in [2.05, 4.69) is 30.9 Å². The number of benzene rings is 1. The van der Waals surface area contributed by atoms with E-state index in [9.17, 15) is 0 Å². The van der Waals surface area contributed by atoms with Gasteiger partial charge in [0.25, 0.3) is 0 Å². The van der Waals surface area contributed by atoms with Crippen LogP contribution in [0.1, 0.15) is 26.6 Å². The Bertz CT molecular complexity index is 480. The maximum absolute atomic E-state index is 5.83. The van der Waals surface area contributed by atoms with Crippen LogP contribution in [0.2, 0.25) is 5.02 Å². The summed E-state index contributed by atoms with van der Waals surface area (Å²) in [6.45, 7) is 6.28. The van der Waals surface area contributed by atoms with Crippen molar-refractivity contribution in [2.75, 3.05) is 0 Å². The van der Waals surface area contributed by atoms with Gasteiger partial charge in [0.05, 0.1) is 5.69 Å². The fourth-order valence-corrected chi connectivity index (χ4v) is 1.45. The summed E-state index contributed by atoms with van der Waals surface area (Å²) in [5.41, 5.74) is 0.935. The number of hydrogen-bond donors (Lipinski definition) is 0. The third kappa shape index (κ3) is 2.25. The minimum Gasteiger partial charge on any atom is -0.221 e. The highest BCUT2D eigenvalue weighted by Crippen LogP contribution is 2.19. The van der Waals surface area contributed by atoms with Crippen LogP contribution in [0.25, 0.3) is 5.69 Å². The second-order valence-corrected chi connectivity index (χ2v) is 5.18. The first-order valence-corrected chi connectivity index (χ1v) is 5.53. The third-order valence-electron chi connectivity index (χ3n) is 2.25. The molecule has 16 heavy (non-hydrogen) atoms. The molecule has 4 heteroatoms. The van der Waals surface area contributed by atoms with E-state index in [4.69, 9.17) is 11.6 Å². The molecule has 0 amide bonds. The molecule has 3 nitrogen and oxygen atoms in total. The summed E-state index contributed by atoms with van der Waals surface area (Å²) < 4.78 is 1.76. The lowest BCUT2D eigenvalue weighted by Crippen LogP contribution is -2.14. The highest BCUT2D eigenvalue weighted by Gasteiger charge is 2.18. The minimum absolute atomic E-state index is 0.0301. The van der Waals surface area contributed by atoms with E-state index >= 15 is 0 Å². The molecule has 0 spiro atoms. The smallest absolute Gasteiger partial charge is 0.156 e. The van der Waals surface area contributed by atoms with Crippen molar-refractivity contribution in [2.24, 2.45) is 0 Å².